The number of rotatable bonds is 2. The normalized spacial score (nSPS) is 11.1. The van der Waals surface area contributed by atoms with Crippen molar-refractivity contribution in [2.24, 2.45) is 7.05 Å². The molecule has 0 aliphatic carbocycles. The van der Waals surface area contributed by atoms with Crippen LogP contribution in [0.3, 0.4) is 0 Å². The number of fused-ring (bicyclic) bond motifs is 2. The first-order valence-electron chi connectivity index (χ1n) is 8.44. The van der Waals surface area contributed by atoms with E-state index < -0.39 is 11.9 Å². The topological polar surface area (TPSA) is 82.7 Å². The van der Waals surface area contributed by atoms with Crippen LogP contribution < -0.4 is 10.3 Å². The number of ether oxygens (including phenoxy) is 1. The maximum atomic E-state index is 13.1. The van der Waals surface area contributed by atoms with E-state index in [0.29, 0.717) is 11.1 Å². The van der Waals surface area contributed by atoms with E-state index in [4.69, 9.17) is 14.3 Å². The fourth-order valence-corrected chi connectivity index (χ4v) is 3.14. The third-order valence-electron chi connectivity index (χ3n) is 4.52. The Balaban J connectivity index is 0.000000806. The molecule has 0 amide bonds. The molecule has 3 heterocycles. The lowest BCUT2D eigenvalue weighted by molar-refractivity contribution is -0.191. The Labute approximate surface area is 166 Å². The van der Waals surface area contributed by atoms with E-state index in [9.17, 15) is 18.0 Å². The van der Waals surface area contributed by atoms with Gasteiger partial charge in [0.2, 0.25) is 5.88 Å². The van der Waals surface area contributed by atoms with E-state index in [0.717, 1.165) is 21.5 Å². The average molecular weight is 417 g/mol. The van der Waals surface area contributed by atoms with Crippen LogP contribution in [0.4, 0.5) is 13.2 Å². The lowest BCUT2D eigenvalue weighted by Gasteiger charge is -2.10. The third-order valence-corrected chi connectivity index (χ3v) is 4.52. The van der Waals surface area contributed by atoms with Gasteiger partial charge in [0.25, 0.3) is 5.56 Å². The van der Waals surface area contributed by atoms with Crippen molar-refractivity contribution in [3.05, 3.63) is 64.6 Å². The van der Waals surface area contributed by atoms with Crippen LogP contribution in [-0.4, -0.2) is 27.4 Å². The maximum absolute atomic E-state index is 13.1. The van der Waals surface area contributed by atoms with Gasteiger partial charge in [-0.1, -0.05) is 6.07 Å². The summed E-state index contributed by atoms with van der Waals surface area (Å²) in [5.74, 6) is 0.201. The minimum atomic E-state index is -4.56. The molecule has 0 fully saturated rings. The number of hydrogen-bond donors (Lipinski definition) is 0. The Hall–Kier alpha value is -3.91. The Morgan fingerprint density at radius 2 is 1.70 bits per heavy atom. The number of hydrogen-bond acceptors (Lipinski definition) is 5. The zero-order chi connectivity index (χ0) is 22.1. The number of aryl methyl sites for hydroxylation is 1. The molecule has 0 radical (unpaired) electrons. The first-order valence-corrected chi connectivity index (χ1v) is 8.44. The van der Waals surface area contributed by atoms with Crippen LogP contribution in [-0.2, 0) is 22.8 Å². The van der Waals surface area contributed by atoms with Crippen molar-refractivity contribution < 1.29 is 27.5 Å². The number of methoxy groups -OCH3 is 1. The molecule has 0 unspecified atom stereocenters. The summed E-state index contributed by atoms with van der Waals surface area (Å²) >= 11 is 0. The second-order valence-electron chi connectivity index (χ2n) is 6.20. The third kappa shape index (κ3) is 3.68. The van der Waals surface area contributed by atoms with Gasteiger partial charge >= 0.3 is 12.3 Å². The van der Waals surface area contributed by atoms with Gasteiger partial charge in [-0.25, -0.2) is 0 Å². The molecular weight excluding hydrogens is 403 g/mol. The largest absolute Gasteiger partial charge is 0.481 e. The van der Waals surface area contributed by atoms with Gasteiger partial charge in [0.15, 0.2) is 5.69 Å². The van der Waals surface area contributed by atoms with Gasteiger partial charge in [-0.05, 0) is 41.3 Å². The van der Waals surface area contributed by atoms with E-state index in [-0.39, 0.29) is 23.1 Å². The second-order valence-corrected chi connectivity index (χ2v) is 6.20. The van der Waals surface area contributed by atoms with Crippen LogP contribution >= 0.6 is 0 Å². The molecule has 154 valence electrons. The quantitative estimate of drug-likeness (QED) is 0.500. The summed E-state index contributed by atoms with van der Waals surface area (Å²) in [5.41, 5.74) is 1.19. The van der Waals surface area contributed by atoms with E-state index in [1.807, 2.05) is 6.07 Å². The molecule has 0 spiro atoms. The van der Waals surface area contributed by atoms with Gasteiger partial charge in [-0.15, -0.1) is 0 Å². The number of alkyl halides is 3. The molecule has 0 N–H and O–H groups in total. The smallest absolute Gasteiger partial charge is 0.435 e. The summed E-state index contributed by atoms with van der Waals surface area (Å²) in [6.45, 7) is 0. The number of halogens is 3. The summed E-state index contributed by atoms with van der Waals surface area (Å²) in [6.07, 6.45) is -4.31. The molecule has 0 aliphatic rings. The standard InChI is InChI=1S/C19H14F3N3O2.CO2/c1-24-14-6-3-11(9-12(14)4-7-17(24)26)13-5-8-18(27-2)25-15(13)10-16(23-25)19(20,21)22;2-1-3/h3-10H,1-2H3;. The molecule has 0 saturated heterocycles. The molecule has 7 nitrogen and oxygen atoms in total. The monoisotopic (exact) mass is 417 g/mol. The molecule has 10 heteroatoms. The molecule has 0 saturated carbocycles. The SMILES string of the molecule is COc1ccc(-c2ccc3c(ccc(=O)n3C)c2)c2cc(C(F)(F)F)nn12.O=C=O. The summed E-state index contributed by atoms with van der Waals surface area (Å²) in [4.78, 5) is 28.0. The van der Waals surface area contributed by atoms with Crippen LogP contribution in [0.5, 0.6) is 5.88 Å². The number of aromatic nitrogens is 3. The Bertz CT molecular complexity index is 1330. The highest BCUT2D eigenvalue weighted by Gasteiger charge is 2.34. The fraction of sp³-hybridized carbons (Fsp3) is 0.150. The van der Waals surface area contributed by atoms with E-state index in [1.165, 1.54) is 17.7 Å². The van der Waals surface area contributed by atoms with Crippen molar-refractivity contribution in [1.29, 1.82) is 0 Å². The predicted octanol–water partition coefficient (Wildman–Crippen LogP) is 3.30. The van der Waals surface area contributed by atoms with E-state index >= 15 is 0 Å². The van der Waals surface area contributed by atoms with E-state index in [2.05, 4.69) is 5.10 Å². The zero-order valence-corrected chi connectivity index (χ0v) is 15.7. The second kappa shape index (κ2) is 7.84. The minimum absolute atomic E-state index is 0.132. The van der Waals surface area contributed by atoms with Crippen LogP contribution in [0, 0.1) is 0 Å². The predicted molar refractivity (Wildman–Crippen MR) is 99.9 cm³/mol. The van der Waals surface area contributed by atoms with E-state index in [1.54, 1.807) is 37.4 Å². The van der Waals surface area contributed by atoms with Gasteiger partial charge in [0, 0.05) is 24.7 Å². The van der Waals surface area contributed by atoms with Crippen molar-refractivity contribution in [1.82, 2.24) is 14.2 Å². The molecule has 4 rings (SSSR count). The molecule has 1 aromatic carbocycles. The first-order chi connectivity index (χ1) is 14.2. The van der Waals surface area contributed by atoms with Gasteiger partial charge in [0.1, 0.15) is 0 Å². The lowest BCUT2D eigenvalue weighted by Crippen LogP contribution is -2.14. The van der Waals surface area contributed by atoms with Crippen LogP contribution in [0.2, 0.25) is 0 Å². The van der Waals surface area contributed by atoms with Crippen LogP contribution in [0.15, 0.2) is 53.3 Å². The van der Waals surface area contributed by atoms with Gasteiger partial charge in [-0.2, -0.15) is 32.4 Å². The number of nitrogens with zero attached hydrogens (tertiary/aromatic N) is 3. The maximum Gasteiger partial charge on any atom is 0.435 e. The summed E-state index contributed by atoms with van der Waals surface area (Å²) < 4.78 is 47.2. The van der Waals surface area contributed by atoms with Crippen molar-refractivity contribution in [3.8, 4) is 17.0 Å². The van der Waals surface area contributed by atoms with Gasteiger partial charge in [-0.3, -0.25) is 4.79 Å². The molecule has 0 atom stereocenters. The molecule has 0 aliphatic heterocycles. The average Bonchev–Trinajstić information content (AvgIpc) is 3.16. The van der Waals surface area contributed by atoms with Gasteiger partial charge < -0.3 is 9.30 Å². The van der Waals surface area contributed by atoms with Crippen molar-refractivity contribution in [2.75, 3.05) is 7.11 Å². The Morgan fingerprint density at radius 3 is 2.33 bits per heavy atom. The van der Waals surface area contributed by atoms with Crippen molar-refractivity contribution in [2.45, 2.75) is 6.18 Å². The first kappa shape index (κ1) is 20.8. The molecule has 30 heavy (non-hydrogen) atoms. The molecule has 3 aromatic heterocycles. The minimum Gasteiger partial charge on any atom is -0.481 e. The Kier molecular flexibility index (Phi) is 5.44. The van der Waals surface area contributed by atoms with Crippen molar-refractivity contribution in [3.63, 3.8) is 0 Å². The van der Waals surface area contributed by atoms with Gasteiger partial charge in [0.05, 0.1) is 18.1 Å². The summed E-state index contributed by atoms with van der Waals surface area (Å²) in [7, 11) is 3.04. The highest BCUT2D eigenvalue weighted by molar-refractivity contribution is 5.89. The molecule has 0 bridgehead atoms. The van der Waals surface area contributed by atoms with Crippen LogP contribution in [0.25, 0.3) is 27.5 Å². The fourth-order valence-electron chi connectivity index (χ4n) is 3.14. The lowest BCUT2D eigenvalue weighted by atomic mass is 10.0. The highest BCUT2D eigenvalue weighted by atomic mass is 19.4. The molecule has 4 aromatic rings. The Morgan fingerprint density at radius 1 is 1.00 bits per heavy atom. The number of pyridine rings is 2. The summed E-state index contributed by atoms with van der Waals surface area (Å²) in [5, 5.41) is 4.45. The van der Waals surface area contributed by atoms with Crippen molar-refractivity contribution >= 4 is 22.6 Å². The molecular formula is C20H14F3N3O4. The highest BCUT2D eigenvalue weighted by Crippen LogP contribution is 2.35. The summed E-state index contributed by atoms with van der Waals surface area (Å²) in [6, 6.07) is 12.8. The number of carbonyl (C=O) groups excluding carboxylic acids is 2. The number of benzene rings is 1. The van der Waals surface area contributed by atoms with Crippen LogP contribution in [0.1, 0.15) is 5.69 Å². The zero-order valence-electron chi connectivity index (χ0n) is 15.7.